The van der Waals surface area contributed by atoms with E-state index >= 15 is 0 Å². The summed E-state index contributed by atoms with van der Waals surface area (Å²) in [7, 11) is 0. The molecule has 0 atom stereocenters. The number of hydrogen-bond acceptors (Lipinski definition) is 5. The molecule has 3 aromatic heterocycles. The Balaban J connectivity index is 1.42. The molecular weight excluding hydrogens is 502 g/mol. The lowest BCUT2D eigenvalue weighted by Gasteiger charge is -2.12. The second kappa shape index (κ2) is 10.7. The Bertz CT molecular complexity index is 1780. The molecule has 6 aromatic rings. The van der Waals surface area contributed by atoms with E-state index in [9.17, 15) is 0 Å². The molecule has 198 valence electrons. The molecule has 7 heteroatoms. The molecule has 0 aliphatic carbocycles. The molecule has 0 amide bonds. The minimum Gasteiger partial charge on any atom is -0.359 e. The number of para-hydroxylation sites is 2. The van der Waals surface area contributed by atoms with Gasteiger partial charge >= 0.3 is 0 Å². The highest BCUT2D eigenvalue weighted by atomic mass is 32.2. The number of nitrogens with zero attached hydrogens (tertiary/aromatic N) is 4. The molecule has 0 saturated carbocycles. The zero-order chi connectivity index (χ0) is 26.9. The average Bonchev–Trinajstić information content (AvgIpc) is 3.60. The van der Waals surface area contributed by atoms with Gasteiger partial charge in [-0.25, -0.2) is 4.98 Å². The molecule has 0 unspecified atom stereocenters. The van der Waals surface area contributed by atoms with Crippen LogP contribution in [0, 0.1) is 20.8 Å². The van der Waals surface area contributed by atoms with E-state index in [1.807, 2.05) is 13.8 Å². The van der Waals surface area contributed by atoms with Crippen LogP contribution in [0.2, 0.25) is 0 Å². The molecule has 0 spiro atoms. The van der Waals surface area contributed by atoms with Gasteiger partial charge in [-0.2, -0.15) is 0 Å². The van der Waals surface area contributed by atoms with Crippen LogP contribution in [0.5, 0.6) is 0 Å². The lowest BCUT2D eigenvalue weighted by Crippen LogP contribution is -2.05. The standard InChI is InChI=1S/C32H33N5OS/c1-5-6-15-31-33-26-17-16-21(2)18-29(26)37(31)20-24-19-36(27-12-8-7-11-25(24)27)28-13-9-10-14-30(28)39-35-32-22(3)23(4)38-34-32/h7-14,16-19H,5-6,15,20H2,1-4H3,(H,34,35). The quantitative estimate of drug-likeness (QED) is 0.188. The Kier molecular flexibility index (Phi) is 6.92. The third-order valence-electron chi connectivity index (χ3n) is 7.40. The number of rotatable bonds is 9. The van der Waals surface area contributed by atoms with E-state index < -0.39 is 0 Å². The van der Waals surface area contributed by atoms with Crippen molar-refractivity contribution in [2.75, 3.05) is 4.72 Å². The number of aryl methyl sites for hydroxylation is 3. The van der Waals surface area contributed by atoms with E-state index in [2.05, 4.69) is 106 Å². The number of aromatic nitrogens is 4. The third-order valence-corrected chi connectivity index (χ3v) is 8.26. The van der Waals surface area contributed by atoms with Crippen LogP contribution in [0.1, 0.15) is 48.0 Å². The minimum atomic E-state index is 0.757. The van der Waals surface area contributed by atoms with Crippen LogP contribution >= 0.6 is 11.9 Å². The van der Waals surface area contributed by atoms with E-state index in [0.717, 1.165) is 64.9 Å². The highest BCUT2D eigenvalue weighted by molar-refractivity contribution is 8.00. The third kappa shape index (κ3) is 4.83. The Morgan fingerprint density at radius 2 is 1.77 bits per heavy atom. The number of fused-ring (bicyclic) bond motifs is 2. The molecule has 3 heterocycles. The van der Waals surface area contributed by atoms with Gasteiger partial charge in [-0.15, -0.1) is 0 Å². The number of benzene rings is 3. The van der Waals surface area contributed by atoms with Gasteiger partial charge in [-0.05, 0) is 80.6 Å². The number of anilines is 1. The van der Waals surface area contributed by atoms with Crippen LogP contribution in [0.3, 0.4) is 0 Å². The Hall–Kier alpha value is -3.97. The molecule has 39 heavy (non-hydrogen) atoms. The summed E-state index contributed by atoms with van der Waals surface area (Å²) in [6.45, 7) is 9.11. The maximum atomic E-state index is 5.34. The van der Waals surface area contributed by atoms with E-state index in [1.165, 1.54) is 27.5 Å². The summed E-state index contributed by atoms with van der Waals surface area (Å²) in [5, 5.41) is 5.42. The second-order valence-corrected chi connectivity index (χ2v) is 11.0. The topological polar surface area (TPSA) is 60.8 Å². The fourth-order valence-corrected chi connectivity index (χ4v) is 5.90. The van der Waals surface area contributed by atoms with Gasteiger partial charge in [0.15, 0.2) is 5.82 Å². The normalized spacial score (nSPS) is 11.6. The van der Waals surface area contributed by atoms with Crippen molar-refractivity contribution in [3.8, 4) is 5.69 Å². The van der Waals surface area contributed by atoms with Gasteiger partial charge in [0.1, 0.15) is 11.6 Å². The van der Waals surface area contributed by atoms with Crippen molar-refractivity contribution in [2.24, 2.45) is 0 Å². The first-order valence-electron chi connectivity index (χ1n) is 13.5. The molecular formula is C32H33N5OS. The molecule has 1 N–H and O–H groups in total. The van der Waals surface area contributed by atoms with Crippen molar-refractivity contribution in [3.05, 3.63) is 101 Å². The summed E-state index contributed by atoms with van der Waals surface area (Å²) in [4.78, 5) is 6.15. The zero-order valence-electron chi connectivity index (χ0n) is 22.9. The van der Waals surface area contributed by atoms with Crippen molar-refractivity contribution in [1.29, 1.82) is 0 Å². The van der Waals surface area contributed by atoms with Crippen LogP contribution in [-0.2, 0) is 13.0 Å². The van der Waals surface area contributed by atoms with Crippen LogP contribution in [-0.4, -0.2) is 19.3 Å². The van der Waals surface area contributed by atoms with Crippen molar-refractivity contribution in [1.82, 2.24) is 19.3 Å². The summed E-state index contributed by atoms with van der Waals surface area (Å²) in [6.07, 6.45) is 5.55. The first kappa shape index (κ1) is 25.3. The fraction of sp³-hybridized carbons (Fsp3) is 0.250. The zero-order valence-corrected chi connectivity index (χ0v) is 23.7. The van der Waals surface area contributed by atoms with E-state index in [-0.39, 0.29) is 0 Å². The maximum Gasteiger partial charge on any atom is 0.182 e. The smallest absolute Gasteiger partial charge is 0.182 e. The molecule has 0 bridgehead atoms. The molecule has 0 fully saturated rings. The second-order valence-electron chi connectivity index (χ2n) is 10.1. The van der Waals surface area contributed by atoms with Crippen molar-refractivity contribution in [3.63, 3.8) is 0 Å². The SMILES string of the molecule is CCCCc1nc2ccc(C)cc2n1Cc1cn(-c2ccccc2SNc2noc(C)c2C)c2ccccc12. The lowest BCUT2D eigenvalue weighted by molar-refractivity contribution is 0.399. The lowest BCUT2D eigenvalue weighted by atomic mass is 10.1. The van der Waals surface area contributed by atoms with E-state index in [0.29, 0.717) is 0 Å². The van der Waals surface area contributed by atoms with Gasteiger partial charge in [0.25, 0.3) is 0 Å². The molecule has 0 saturated heterocycles. The first-order valence-corrected chi connectivity index (χ1v) is 14.3. The predicted molar refractivity (Wildman–Crippen MR) is 161 cm³/mol. The van der Waals surface area contributed by atoms with Crippen molar-refractivity contribution >= 4 is 39.7 Å². The Morgan fingerprint density at radius 3 is 2.59 bits per heavy atom. The number of unbranched alkanes of at least 4 members (excludes halogenated alkanes) is 1. The molecule has 3 aromatic carbocycles. The summed E-state index contributed by atoms with van der Waals surface area (Å²) in [5.41, 5.74) is 8.13. The van der Waals surface area contributed by atoms with Crippen molar-refractivity contribution < 1.29 is 4.52 Å². The van der Waals surface area contributed by atoms with Gasteiger partial charge < -0.3 is 18.4 Å². The molecule has 6 rings (SSSR count). The average molecular weight is 536 g/mol. The Morgan fingerprint density at radius 1 is 0.949 bits per heavy atom. The molecule has 0 radical (unpaired) electrons. The van der Waals surface area contributed by atoms with E-state index in [4.69, 9.17) is 9.51 Å². The van der Waals surface area contributed by atoms with Crippen LogP contribution in [0.25, 0.3) is 27.6 Å². The van der Waals surface area contributed by atoms with Crippen molar-refractivity contribution in [2.45, 2.75) is 58.4 Å². The summed E-state index contributed by atoms with van der Waals surface area (Å²) in [5.74, 6) is 2.74. The molecule has 0 aliphatic rings. The predicted octanol–water partition coefficient (Wildman–Crippen LogP) is 8.40. The first-order chi connectivity index (χ1) is 19.0. The highest BCUT2D eigenvalue weighted by Gasteiger charge is 2.17. The highest BCUT2D eigenvalue weighted by Crippen LogP contribution is 2.33. The fourth-order valence-electron chi connectivity index (χ4n) is 5.09. The summed E-state index contributed by atoms with van der Waals surface area (Å²) < 4.78 is 13.5. The Labute approximate surface area is 233 Å². The van der Waals surface area contributed by atoms with Gasteiger partial charge in [0.2, 0.25) is 0 Å². The molecule has 0 aliphatic heterocycles. The van der Waals surface area contributed by atoms with Crippen LogP contribution in [0.4, 0.5) is 5.82 Å². The number of hydrogen-bond donors (Lipinski definition) is 1. The summed E-state index contributed by atoms with van der Waals surface area (Å²) in [6, 6.07) is 23.7. The van der Waals surface area contributed by atoms with Gasteiger partial charge in [0, 0.05) is 23.6 Å². The number of nitrogens with one attached hydrogen (secondary N) is 1. The van der Waals surface area contributed by atoms with E-state index in [1.54, 1.807) is 11.9 Å². The van der Waals surface area contributed by atoms with Crippen LogP contribution < -0.4 is 4.72 Å². The monoisotopic (exact) mass is 535 g/mol. The minimum absolute atomic E-state index is 0.757. The molecule has 6 nitrogen and oxygen atoms in total. The number of imidazole rings is 1. The maximum absolute atomic E-state index is 5.34. The largest absolute Gasteiger partial charge is 0.359 e. The summed E-state index contributed by atoms with van der Waals surface area (Å²) >= 11 is 1.55. The van der Waals surface area contributed by atoms with Gasteiger partial charge in [-0.3, -0.25) is 0 Å². The van der Waals surface area contributed by atoms with Crippen LogP contribution in [0.15, 0.2) is 82.3 Å². The van der Waals surface area contributed by atoms with Gasteiger partial charge in [0.05, 0.1) is 33.7 Å². The van der Waals surface area contributed by atoms with Gasteiger partial charge in [-0.1, -0.05) is 54.9 Å².